The number of methoxy groups -OCH3 is 2. The summed E-state index contributed by atoms with van der Waals surface area (Å²) >= 11 is 3.32. The van der Waals surface area contributed by atoms with E-state index in [1.807, 2.05) is 42.5 Å². The summed E-state index contributed by atoms with van der Waals surface area (Å²) in [5.41, 5.74) is 6.84. The zero-order valence-corrected chi connectivity index (χ0v) is 36.6. The summed E-state index contributed by atoms with van der Waals surface area (Å²) in [7, 11) is 2.73. The van der Waals surface area contributed by atoms with Crippen LogP contribution in [-0.4, -0.2) is 49.3 Å². The maximum Gasteiger partial charge on any atom is 1.00 e. The standard InChI is InChI=1S/C18H16O4.C9H9BrO2.C9H8O2.CH2O3.2K.H/c1-21-18(20)13-4-2-12(3-5-13)11-22-15-7-8-16-14(10-15)6-9-17(16)19;1-12-9(11)8-4-2-7(6-10)3-5-8;10-7-2-3-8-6(5-7)1-4-9(8)11;2-1-4-3;;;/h2-5,7-8,10H,6,9,11H2,1H3;2-5H,6H2,1H3;2-3,5,10H,1,4H2;1,3H;;;/q;;;;2*+1;-1/p-1. The predicted octanol–water partition coefficient (Wildman–Crippen LogP) is -0.374. The largest absolute Gasteiger partial charge is 1.00 e. The van der Waals surface area contributed by atoms with Crippen LogP contribution in [0.4, 0.5) is 0 Å². The third-order valence-corrected chi connectivity index (χ3v) is 8.01. The smallest absolute Gasteiger partial charge is 1.00 e. The Balaban J connectivity index is 0.000000742. The van der Waals surface area contributed by atoms with Gasteiger partial charge in [0.1, 0.15) is 18.1 Å². The van der Waals surface area contributed by atoms with Crippen molar-refractivity contribution >= 4 is 45.9 Å². The molecule has 0 aromatic heterocycles. The van der Waals surface area contributed by atoms with Crippen LogP contribution < -0.4 is 113 Å². The molecule has 0 bridgehead atoms. The molecule has 0 atom stereocenters. The average molecular weight is 814 g/mol. The van der Waals surface area contributed by atoms with Crippen molar-refractivity contribution in [2.24, 2.45) is 0 Å². The first kappa shape index (κ1) is 47.0. The molecule has 4 aromatic rings. The van der Waals surface area contributed by atoms with E-state index < -0.39 is 0 Å². The van der Waals surface area contributed by atoms with Gasteiger partial charge < -0.3 is 30.9 Å². The van der Waals surface area contributed by atoms with Gasteiger partial charge >= 0.3 is 115 Å². The topological polar surface area (TPSA) is 166 Å². The van der Waals surface area contributed by atoms with Gasteiger partial charge in [-0.2, -0.15) is 0 Å². The third kappa shape index (κ3) is 15.1. The van der Waals surface area contributed by atoms with Crippen LogP contribution in [0.3, 0.4) is 0 Å². The van der Waals surface area contributed by atoms with E-state index in [1.54, 1.807) is 42.5 Å². The molecule has 0 heterocycles. The molecule has 0 unspecified atom stereocenters. The second kappa shape index (κ2) is 25.0. The van der Waals surface area contributed by atoms with Crippen molar-refractivity contribution in [2.45, 2.75) is 37.6 Å². The van der Waals surface area contributed by atoms with E-state index in [9.17, 15) is 19.2 Å². The zero-order valence-electron chi connectivity index (χ0n) is 29.8. The monoisotopic (exact) mass is 812 g/mol. The Kier molecular flexibility index (Phi) is 23.1. The van der Waals surface area contributed by atoms with Gasteiger partial charge in [-0.1, -0.05) is 40.2 Å². The molecule has 0 aliphatic heterocycles. The van der Waals surface area contributed by atoms with Gasteiger partial charge in [0.25, 0.3) is 6.47 Å². The first-order valence-electron chi connectivity index (χ1n) is 14.9. The number of fused-ring (bicyclic) bond motifs is 2. The number of alkyl halides is 1. The molecule has 4 aromatic carbocycles. The summed E-state index contributed by atoms with van der Waals surface area (Å²) in [5.74, 6) is 0.760. The summed E-state index contributed by atoms with van der Waals surface area (Å²) in [6.45, 7) is 0.230. The number of Topliss-reactive ketones (excluding diaryl/α,β-unsaturated/α-hetero) is 2. The fourth-order valence-electron chi connectivity index (χ4n) is 4.83. The molecule has 1 N–H and O–H groups in total. The molecular weight excluding hydrogens is 778 g/mol. The number of aromatic hydroxyl groups is 1. The molecule has 0 saturated heterocycles. The Morgan fingerprint density at radius 1 is 0.745 bits per heavy atom. The van der Waals surface area contributed by atoms with Crippen molar-refractivity contribution in [2.75, 3.05) is 14.2 Å². The van der Waals surface area contributed by atoms with Gasteiger partial charge in [0.2, 0.25) is 0 Å². The molecule has 0 radical (unpaired) electrons. The Morgan fingerprint density at radius 2 is 1.20 bits per heavy atom. The minimum absolute atomic E-state index is 0. The van der Waals surface area contributed by atoms with Crippen molar-refractivity contribution in [3.05, 3.63) is 129 Å². The quantitative estimate of drug-likeness (QED) is 0.0647. The molecular formula is C37H35BrK2O11. The van der Waals surface area contributed by atoms with Gasteiger partial charge in [-0.3, -0.25) is 14.4 Å². The molecule has 51 heavy (non-hydrogen) atoms. The molecule has 0 amide bonds. The molecule has 11 nitrogen and oxygen atoms in total. The fraction of sp³-hybridized carbons (Fsp3) is 0.216. The van der Waals surface area contributed by atoms with Crippen molar-refractivity contribution in [3.8, 4) is 11.5 Å². The van der Waals surface area contributed by atoms with Crippen LogP contribution in [0, 0.1) is 0 Å². The number of esters is 2. The average Bonchev–Trinajstić information content (AvgIpc) is 3.71. The first-order chi connectivity index (χ1) is 23.6. The van der Waals surface area contributed by atoms with Gasteiger partial charge in [-0.15, -0.1) is 0 Å². The maximum atomic E-state index is 11.6. The Labute approximate surface area is 390 Å². The van der Waals surface area contributed by atoms with E-state index in [0.717, 1.165) is 57.3 Å². The maximum absolute atomic E-state index is 11.6. The van der Waals surface area contributed by atoms with Crippen LogP contribution in [0.2, 0.25) is 0 Å². The number of benzene rings is 4. The summed E-state index contributed by atoms with van der Waals surface area (Å²) in [6, 6.07) is 24.9. The molecule has 0 fully saturated rings. The van der Waals surface area contributed by atoms with Crippen LogP contribution in [0.25, 0.3) is 0 Å². The molecule has 0 spiro atoms. The second-order valence-electron chi connectivity index (χ2n) is 10.5. The first-order valence-corrected chi connectivity index (χ1v) is 16.0. The number of ketones is 2. The second-order valence-corrected chi connectivity index (χ2v) is 11.1. The van der Waals surface area contributed by atoms with Crippen LogP contribution in [0.1, 0.15) is 78.0 Å². The number of ether oxygens (including phenoxy) is 3. The number of halogens is 1. The van der Waals surface area contributed by atoms with E-state index in [0.29, 0.717) is 30.6 Å². The fourth-order valence-corrected chi connectivity index (χ4v) is 5.21. The number of hydrogen-bond donors (Lipinski definition) is 1. The SMILES string of the molecule is COC(=O)c1ccc(CBr)cc1.COC(=O)c1ccc(COc2ccc3c(c2)CCC3=O)cc1.O=C1CCc2cc(O)ccc21.O=CO[O-].[H-].[K+].[K+]. The summed E-state index contributed by atoms with van der Waals surface area (Å²) in [4.78, 5) is 56.3. The number of aryl methyl sites for hydroxylation is 2. The van der Waals surface area contributed by atoms with Crippen LogP contribution >= 0.6 is 15.9 Å². The predicted molar refractivity (Wildman–Crippen MR) is 181 cm³/mol. The van der Waals surface area contributed by atoms with Crippen molar-refractivity contribution < 1.29 is 158 Å². The van der Waals surface area contributed by atoms with E-state index in [1.165, 1.54) is 14.2 Å². The minimum atomic E-state index is -0.351. The van der Waals surface area contributed by atoms with E-state index >= 15 is 0 Å². The van der Waals surface area contributed by atoms with Gasteiger partial charge in [0.15, 0.2) is 11.6 Å². The minimum Gasteiger partial charge on any atom is -1.00 e. The molecule has 2 aliphatic rings. The number of carbonyl (C=O) groups is 5. The Bertz CT molecular complexity index is 1770. The number of phenolic OH excluding ortho intramolecular Hbond substituents is 1. The summed E-state index contributed by atoms with van der Waals surface area (Å²) in [5, 5.41) is 18.3. The number of hydrogen-bond acceptors (Lipinski definition) is 11. The number of rotatable bonds is 7. The van der Waals surface area contributed by atoms with Gasteiger partial charge in [0.05, 0.1) is 25.3 Å². The van der Waals surface area contributed by atoms with Crippen LogP contribution in [0.15, 0.2) is 84.9 Å². The van der Waals surface area contributed by atoms with E-state index in [2.05, 4.69) is 30.3 Å². The summed E-state index contributed by atoms with van der Waals surface area (Å²) < 4.78 is 15.0. The van der Waals surface area contributed by atoms with Crippen molar-refractivity contribution in [1.29, 1.82) is 0 Å². The molecule has 14 heteroatoms. The summed E-state index contributed by atoms with van der Waals surface area (Å²) in [6.07, 6.45) is 2.76. The Morgan fingerprint density at radius 3 is 1.65 bits per heavy atom. The molecule has 0 saturated carbocycles. The number of carbonyl (C=O) groups excluding carboxylic acids is 5. The van der Waals surface area contributed by atoms with Crippen LogP contribution in [-0.2, 0) is 43.9 Å². The van der Waals surface area contributed by atoms with Gasteiger partial charge in [-0.25, -0.2) is 9.59 Å². The zero-order chi connectivity index (χ0) is 35.8. The normalized spacial score (nSPS) is 11.5. The Hall–Kier alpha value is -2.06. The van der Waals surface area contributed by atoms with Crippen molar-refractivity contribution in [1.82, 2.24) is 0 Å². The van der Waals surface area contributed by atoms with E-state index in [-0.39, 0.29) is 140 Å². The van der Waals surface area contributed by atoms with E-state index in [4.69, 9.17) is 19.9 Å². The van der Waals surface area contributed by atoms with Crippen LogP contribution in [0.5, 0.6) is 11.5 Å². The number of phenols is 1. The van der Waals surface area contributed by atoms with Gasteiger partial charge in [0, 0.05) is 29.3 Å². The third-order valence-electron chi connectivity index (χ3n) is 7.36. The van der Waals surface area contributed by atoms with Gasteiger partial charge in [-0.05, 0) is 95.8 Å². The molecule has 258 valence electrons. The molecule has 2 aliphatic carbocycles. The molecule has 6 rings (SSSR count). The van der Waals surface area contributed by atoms with Crippen molar-refractivity contribution in [3.63, 3.8) is 0 Å².